The molecule has 0 bridgehead atoms. The van der Waals surface area contributed by atoms with Crippen LogP contribution >= 0.6 is 0 Å². The number of nitrogens with one attached hydrogen (secondary N) is 1. The summed E-state index contributed by atoms with van der Waals surface area (Å²) in [4.78, 5) is 8.61. The van der Waals surface area contributed by atoms with Crippen molar-refractivity contribution in [3.63, 3.8) is 0 Å². The van der Waals surface area contributed by atoms with Crippen LogP contribution in [0.25, 0.3) is 10.8 Å². The minimum Gasteiger partial charge on any atom is -0.367 e. The fraction of sp³-hybridized carbons (Fsp3) is 0.429. The largest absolute Gasteiger partial charge is 0.367 e. The van der Waals surface area contributed by atoms with Crippen LogP contribution in [0, 0.1) is 0 Å². The summed E-state index contributed by atoms with van der Waals surface area (Å²) in [6.45, 7) is 0. The van der Waals surface area contributed by atoms with Crippen LogP contribution in [0.15, 0.2) is 30.7 Å². The van der Waals surface area contributed by atoms with Gasteiger partial charge in [0.2, 0.25) is 0 Å². The van der Waals surface area contributed by atoms with Gasteiger partial charge in [0, 0.05) is 35.4 Å². The molecular formula is C14H17N3. The Balaban J connectivity index is 1.89. The zero-order chi connectivity index (χ0) is 11.5. The van der Waals surface area contributed by atoms with Gasteiger partial charge in [0.05, 0.1) is 0 Å². The maximum atomic E-state index is 4.46. The van der Waals surface area contributed by atoms with Gasteiger partial charge >= 0.3 is 0 Å². The summed E-state index contributed by atoms with van der Waals surface area (Å²) >= 11 is 0. The van der Waals surface area contributed by atoms with Gasteiger partial charge in [-0.1, -0.05) is 19.3 Å². The van der Waals surface area contributed by atoms with E-state index in [4.69, 9.17) is 0 Å². The summed E-state index contributed by atoms with van der Waals surface area (Å²) < 4.78 is 0. The van der Waals surface area contributed by atoms with Crippen LogP contribution < -0.4 is 5.32 Å². The smallest absolute Gasteiger partial charge is 0.134 e. The van der Waals surface area contributed by atoms with Gasteiger partial charge < -0.3 is 5.32 Å². The monoisotopic (exact) mass is 227 g/mol. The summed E-state index contributed by atoms with van der Waals surface area (Å²) in [7, 11) is 0. The van der Waals surface area contributed by atoms with Crippen LogP contribution in [0.5, 0.6) is 0 Å². The number of hydrogen-bond donors (Lipinski definition) is 1. The molecule has 1 aliphatic rings. The molecule has 0 amide bonds. The molecule has 0 unspecified atom stereocenters. The van der Waals surface area contributed by atoms with Gasteiger partial charge in [-0.25, -0.2) is 4.98 Å². The molecule has 3 nitrogen and oxygen atoms in total. The van der Waals surface area contributed by atoms with E-state index in [-0.39, 0.29) is 0 Å². The molecule has 0 atom stereocenters. The Labute approximate surface area is 101 Å². The molecule has 0 aromatic carbocycles. The lowest BCUT2D eigenvalue weighted by Gasteiger charge is -2.23. The van der Waals surface area contributed by atoms with Gasteiger partial charge in [0.1, 0.15) is 5.82 Å². The van der Waals surface area contributed by atoms with E-state index in [0.717, 1.165) is 11.2 Å². The Hall–Kier alpha value is -1.64. The van der Waals surface area contributed by atoms with Crippen molar-refractivity contribution in [2.75, 3.05) is 5.32 Å². The first-order chi connectivity index (χ1) is 8.43. The molecule has 1 N–H and O–H groups in total. The van der Waals surface area contributed by atoms with Crippen molar-refractivity contribution in [2.24, 2.45) is 0 Å². The molecule has 0 aliphatic heterocycles. The zero-order valence-corrected chi connectivity index (χ0v) is 9.89. The molecule has 17 heavy (non-hydrogen) atoms. The van der Waals surface area contributed by atoms with Crippen molar-refractivity contribution in [1.29, 1.82) is 0 Å². The van der Waals surface area contributed by atoms with Crippen LogP contribution in [0.2, 0.25) is 0 Å². The van der Waals surface area contributed by atoms with Gasteiger partial charge in [-0.15, -0.1) is 0 Å². The summed E-state index contributed by atoms with van der Waals surface area (Å²) in [5, 5.41) is 5.91. The molecule has 1 fully saturated rings. The van der Waals surface area contributed by atoms with E-state index in [9.17, 15) is 0 Å². The highest BCUT2D eigenvalue weighted by molar-refractivity contribution is 5.90. The molecule has 1 aliphatic carbocycles. The van der Waals surface area contributed by atoms with Crippen LogP contribution in [-0.4, -0.2) is 16.0 Å². The average Bonchev–Trinajstić information content (AvgIpc) is 2.40. The number of pyridine rings is 2. The van der Waals surface area contributed by atoms with E-state index in [1.54, 1.807) is 0 Å². The molecule has 0 saturated heterocycles. The van der Waals surface area contributed by atoms with Crippen LogP contribution in [0.3, 0.4) is 0 Å². The lowest BCUT2D eigenvalue weighted by molar-refractivity contribution is 0.462. The van der Waals surface area contributed by atoms with Crippen molar-refractivity contribution in [1.82, 2.24) is 9.97 Å². The first-order valence-corrected chi connectivity index (χ1v) is 6.39. The van der Waals surface area contributed by atoms with E-state index in [1.165, 1.54) is 37.5 Å². The minimum absolute atomic E-state index is 0.593. The lowest BCUT2D eigenvalue weighted by Crippen LogP contribution is -2.22. The van der Waals surface area contributed by atoms with Gasteiger partial charge in [0.25, 0.3) is 0 Å². The molecule has 2 heterocycles. The van der Waals surface area contributed by atoms with E-state index >= 15 is 0 Å². The Kier molecular flexibility index (Phi) is 2.90. The molecule has 3 rings (SSSR count). The number of rotatable bonds is 2. The minimum atomic E-state index is 0.593. The third-order valence-corrected chi connectivity index (χ3v) is 3.51. The normalized spacial score (nSPS) is 17.2. The number of anilines is 1. The molecule has 88 valence electrons. The topological polar surface area (TPSA) is 37.8 Å². The number of fused-ring (bicyclic) bond motifs is 1. The summed E-state index contributed by atoms with van der Waals surface area (Å²) in [5.41, 5.74) is 0. The quantitative estimate of drug-likeness (QED) is 0.854. The summed E-state index contributed by atoms with van der Waals surface area (Å²) in [6, 6.07) is 4.64. The maximum Gasteiger partial charge on any atom is 0.134 e. The van der Waals surface area contributed by atoms with Crippen LogP contribution in [-0.2, 0) is 0 Å². The molecule has 3 heteroatoms. The predicted molar refractivity (Wildman–Crippen MR) is 70.0 cm³/mol. The highest BCUT2D eigenvalue weighted by atomic mass is 15.0. The maximum absolute atomic E-state index is 4.46. The van der Waals surface area contributed by atoms with E-state index in [1.807, 2.05) is 30.7 Å². The third kappa shape index (κ3) is 2.23. The third-order valence-electron chi connectivity index (χ3n) is 3.51. The molecule has 0 radical (unpaired) electrons. The van der Waals surface area contributed by atoms with Crippen molar-refractivity contribution in [2.45, 2.75) is 38.1 Å². The molecule has 2 aromatic rings. The van der Waals surface area contributed by atoms with Crippen molar-refractivity contribution in [3.05, 3.63) is 30.7 Å². The SMILES string of the molecule is c1cc2c(NC3CCCCC3)nccc2cn1. The molecule has 2 aromatic heterocycles. The highest BCUT2D eigenvalue weighted by Crippen LogP contribution is 2.24. The van der Waals surface area contributed by atoms with Gasteiger partial charge in [-0.2, -0.15) is 0 Å². The zero-order valence-electron chi connectivity index (χ0n) is 9.89. The Morgan fingerprint density at radius 1 is 1.06 bits per heavy atom. The Morgan fingerprint density at radius 2 is 1.94 bits per heavy atom. The molecule has 0 spiro atoms. The van der Waals surface area contributed by atoms with E-state index in [2.05, 4.69) is 15.3 Å². The first-order valence-electron chi connectivity index (χ1n) is 6.39. The fourth-order valence-electron chi connectivity index (χ4n) is 2.57. The van der Waals surface area contributed by atoms with Gasteiger partial charge in [0.15, 0.2) is 0 Å². The molecule has 1 saturated carbocycles. The van der Waals surface area contributed by atoms with Crippen LogP contribution in [0.4, 0.5) is 5.82 Å². The van der Waals surface area contributed by atoms with Crippen molar-refractivity contribution >= 4 is 16.6 Å². The van der Waals surface area contributed by atoms with Crippen molar-refractivity contribution < 1.29 is 0 Å². The first kappa shape index (κ1) is 10.5. The highest BCUT2D eigenvalue weighted by Gasteiger charge is 2.14. The average molecular weight is 227 g/mol. The Morgan fingerprint density at radius 3 is 2.82 bits per heavy atom. The summed E-state index contributed by atoms with van der Waals surface area (Å²) in [6.07, 6.45) is 12.2. The van der Waals surface area contributed by atoms with Gasteiger partial charge in [-0.05, 0) is 25.0 Å². The second kappa shape index (κ2) is 4.70. The lowest BCUT2D eigenvalue weighted by atomic mass is 9.95. The van der Waals surface area contributed by atoms with Crippen molar-refractivity contribution in [3.8, 4) is 0 Å². The van der Waals surface area contributed by atoms with E-state index in [0.29, 0.717) is 6.04 Å². The number of hydrogen-bond acceptors (Lipinski definition) is 3. The van der Waals surface area contributed by atoms with Gasteiger partial charge in [-0.3, -0.25) is 4.98 Å². The van der Waals surface area contributed by atoms with E-state index < -0.39 is 0 Å². The number of aromatic nitrogens is 2. The second-order valence-corrected chi connectivity index (χ2v) is 4.74. The Bertz CT molecular complexity index is 498. The predicted octanol–water partition coefficient (Wildman–Crippen LogP) is 3.37. The number of nitrogens with zero attached hydrogens (tertiary/aromatic N) is 2. The molecular weight excluding hydrogens is 210 g/mol. The second-order valence-electron chi connectivity index (χ2n) is 4.74. The fourth-order valence-corrected chi connectivity index (χ4v) is 2.57. The summed E-state index contributed by atoms with van der Waals surface area (Å²) in [5.74, 6) is 1.01. The van der Waals surface area contributed by atoms with Crippen LogP contribution in [0.1, 0.15) is 32.1 Å². The standard InChI is InChI=1S/C14H17N3/c1-2-4-12(5-3-1)17-14-13-7-8-15-10-11(13)6-9-16-14/h6-10,12H,1-5H2,(H,16,17).